The minimum Gasteiger partial charge on any atom is -0.530 e. The molecule has 98 valence electrons. The Morgan fingerprint density at radius 3 is 1.12 bits per heavy atom. The molecular formula is C16H20Ni-4. The summed E-state index contributed by atoms with van der Waals surface area (Å²) in [6, 6.07) is 0. The van der Waals surface area contributed by atoms with Gasteiger partial charge in [-0.25, -0.2) is 0 Å². The van der Waals surface area contributed by atoms with E-state index in [1.165, 1.54) is 38.5 Å². The van der Waals surface area contributed by atoms with Gasteiger partial charge in [-0.1, -0.05) is 38.5 Å². The molecule has 0 N–H and O–H groups in total. The number of hydrogen-bond acceptors (Lipinski definition) is 0. The van der Waals surface area contributed by atoms with Crippen LogP contribution in [0.25, 0.3) is 0 Å². The summed E-state index contributed by atoms with van der Waals surface area (Å²) >= 11 is 0. The smallest absolute Gasteiger partial charge is 0 e. The van der Waals surface area contributed by atoms with E-state index in [2.05, 4.69) is 48.6 Å². The van der Waals surface area contributed by atoms with Crippen LogP contribution in [0, 0.1) is 24.3 Å². The topological polar surface area (TPSA) is 0 Å². The Bertz CT molecular complexity index is 207. The minimum absolute atomic E-state index is 0. The molecule has 0 aromatic heterocycles. The van der Waals surface area contributed by atoms with Crippen LogP contribution in [0.2, 0.25) is 0 Å². The van der Waals surface area contributed by atoms with E-state index < -0.39 is 0 Å². The molecule has 0 aromatic carbocycles. The summed E-state index contributed by atoms with van der Waals surface area (Å²) in [5.74, 6) is 0. The predicted octanol–water partition coefficient (Wildman–Crippen LogP) is 4.56. The van der Waals surface area contributed by atoms with Gasteiger partial charge in [-0.3, -0.25) is 24.3 Å². The standard InChI is InChI=1S/2C8H10.Ni/c2*1-2-4-6-8-7-5-3-1;/h2*1,8H,2,4-6H2;/q2*-2;. The van der Waals surface area contributed by atoms with Crippen molar-refractivity contribution in [3.8, 4) is 0 Å². The Kier molecular flexibility index (Phi) is 13.1. The fourth-order valence-electron chi connectivity index (χ4n) is 1.46. The first-order valence-corrected chi connectivity index (χ1v) is 6.20. The van der Waals surface area contributed by atoms with Crippen molar-refractivity contribution in [1.82, 2.24) is 0 Å². The van der Waals surface area contributed by atoms with Gasteiger partial charge in [-0.2, -0.15) is 0 Å². The van der Waals surface area contributed by atoms with Crippen molar-refractivity contribution in [2.75, 3.05) is 0 Å². The number of rotatable bonds is 0. The number of hydrogen-bond donors (Lipinski definition) is 0. The van der Waals surface area contributed by atoms with Crippen molar-refractivity contribution in [2.45, 2.75) is 51.4 Å². The first-order chi connectivity index (χ1) is 8.00. The van der Waals surface area contributed by atoms with Gasteiger partial charge in [0, 0.05) is 16.5 Å². The first-order valence-electron chi connectivity index (χ1n) is 6.20. The molecule has 0 spiro atoms. The van der Waals surface area contributed by atoms with E-state index >= 15 is 0 Å². The molecule has 17 heavy (non-hydrogen) atoms. The maximum Gasteiger partial charge on any atom is 0 e. The van der Waals surface area contributed by atoms with E-state index in [9.17, 15) is 0 Å². The van der Waals surface area contributed by atoms with E-state index in [0.717, 1.165) is 12.8 Å². The molecule has 0 fully saturated rings. The van der Waals surface area contributed by atoms with Gasteiger partial charge in [-0.15, -0.1) is 0 Å². The van der Waals surface area contributed by atoms with Crippen LogP contribution >= 0.6 is 0 Å². The maximum absolute atomic E-state index is 3.12. The zero-order chi connectivity index (χ0) is 11.3. The third-order valence-electron chi connectivity index (χ3n) is 2.38. The van der Waals surface area contributed by atoms with Crippen LogP contribution < -0.4 is 0 Å². The normalized spacial score (nSPS) is 18.8. The van der Waals surface area contributed by atoms with E-state index in [-0.39, 0.29) is 16.5 Å². The van der Waals surface area contributed by atoms with Crippen LogP contribution in [0.3, 0.4) is 0 Å². The summed E-state index contributed by atoms with van der Waals surface area (Å²) in [5, 5.41) is 0. The van der Waals surface area contributed by atoms with Gasteiger partial charge < -0.3 is 37.1 Å². The molecule has 1 heteroatoms. The molecule has 0 amide bonds. The second kappa shape index (κ2) is 13.5. The Hall–Kier alpha value is -0.546. The van der Waals surface area contributed by atoms with Gasteiger partial charge >= 0.3 is 0 Å². The minimum atomic E-state index is 0. The van der Waals surface area contributed by atoms with Gasteiger partial charge in [0.05, 0.1) is 0 Å². The van der Waals surface area contributed by atoms with Gasteiger partial charge in [0.15, 0.2) is 0 Å². The average molecular weight is 271 g/mol. The maximum atomic E-state index is 3.12. The average Bonchev–Trinajstić information content (AvgIpc) is 2.15. The van der Waals surface area contributed by atoms with Crippen molar-refractivity contribution < 1.29 is 16.5 Å². The van der Waals surface area contributed by atoms with Crippen molar-refractivity contribution in [1.29, 1.82) is 0 Å². The van der Waals surface area contributed by atoms with Crippen LogP contribution in [0.5, 0.6) is 0 Å². The fourth-order valence-corrected chi connectivity index (χ4v) is 1.46. The molecule has 0 atom stereocenters. The molecular weight excluding hydrogens is 251 g/mol. The molecule has 0 aliphatic heterocycles. The molecule has 0 saturated heterocycles. The van der Waals surface area contributed by atoms with Gasteiger partial charge in [0.1, 0.15) is 0 Å². The summed E-state index contributed by atoms with van der Waals surface area (Å²) < 4.78 is 0. The molecule has 0 saturated carbocycles. The Morgan fingerprint density at radius 2 is 0.824 bits per heavy atom. The molecule has 2 aliphatic rings. The van der Waals surface area contributed by atoms with Crippen LogP contribution in [0.4, 0.5) is 0 Å². The zero-order valence-electron chi connectivity index (χ0n) is 10.3. The van der Waals surface area contributed by atoms with Crippen molar-refractivity contribution >= 4 is 0 Å². The fraction of sp³-hybridized carbons (Fsp3) is 0.500. The molecule has 2 rings (SSSR count). The molecule has 0 aromatic rings. The molecule has 0 nitrogen and oxygen atoms in total. The Morgan fingerprint density at radius 1 is 0.529 bits per heavy atom. The van der Waals surface area contributed by atoms with Crippen molar-refractivity contribution in [3.63, 3.8) is 0 Å². The largest absolute Gasteiger partial charge is 0.530 e. The number of allylic oxidation sites excluding steroid dienone is 8. The SMILES string of the molecule is [C-]1=CCCCC=[C-]C1.[C-]1=CCCCC=[C-]C1.[Ni]. The monoisotopic (exact) mass is 270 g/mol. The summed E-state index contributed by atoms with van der Waals surface area (Å²) in [6.45, 7) is 0. The van der Waals surface area contributed by atoms with E-state index in [1.54, 1.807) is 0 Å². The second-order valence-corrected chi connectivity index (χ2v) is 3.85. The molecule has 0 heterocycles. The van der Waals surface area contributed by atoms with Gasteiger partial charge in [0.25, 0.3) is 0 Å². The molecule has 0 unspecified atom stereocenters. The third-order valence-corrected chi connectivity index (χ3v) is 2.38. The van der Waals surface area contributed by atoms with Crippen LogP contribution in [0.15, 0.2) is 24.3 Å². The van der Waals surface area contributed by atoms with Gasteiger partial charge in [-0.05, 0) is 0 Å². The van der Waals surface area contributed by atoms with Crippen LogP contribution in [-0.2, 0) is 16.5 Å². The van der Waals surface area contributed by atoms with Crippen molar-refractivity contribution in [3.05, 3.63) is 48.6 Å². The summed E-state index contributed by atoms with van der Waals surface area (Å²) in [5.41, 5.74) is 0. The van der Waals surface area contributed by atoms with Crippen LogP contribution in [-0.4, -0.2) is 0 Å². The Labute approximate surface area is 116 Å². The second-order valence-electron chi connectivity index (χ2n) is 3.85. The van der Waals surface area contributed by atoms with Crippen LogP contribution in [0.1, 0.15) is 51.4 Å². The third kappa shape index (κ3) is 11.7. The first kappa shape index (κ1) is 16.5. The predicted molar refractivity (Wildman–Crippen MR) is 68.2 cm³/mol. The van der Waals surface area contributed by atoms with Gasteiger partial charge in [0.2, 0.25) is 0 Å². The van der Waals surface area contributed by atoms with E-state index in [4.69, 9.17) is 0 Å². The van der Waals surface area contributed by atoms with E-state index in [0.29, 0.717) is 0 Å². The van der Waals surface area contributed by atoms with Crippen molar-refractivity contribution in [2.24, 2.45) is 0 Å². The molecule has 2 aliphatic carbocycles. The quantitative estimate of drug-likeness (QED) is 0.447. The summed E-state index contributed by atoms with van der Waals surface area (Å²) in [6.07, 6.45) is 30.0. The summed E-state index contributed by atoms with van der Waals surface area (Å²) in [4.78, 5) is 0. The van der Waals surface area contributed by atoms with E-state index in [1.807, 2.05) is 0 Å². The zero-order valence-corrected chi connectivity index (χ0v) is 11.3. The summed E-state index contributed by atoms with van der Waals surface area (Å²) in [7, 11) is 0. The Balaban J connectivity index is 0.000000284. The molecule has 0 radical (unpaired) electrons. The molecule has 0 bridgehead atoms.